The highest BCUT2D eigenvalue weighted by molar-refractivity contribution is 9.10. The Morgan fingerprint density at radius 1 is 0.926 bits per heavy atom. The maximum Gasteiger partial charge on any atom is 0.167 e. The Balaban J connectivity index is 1.78. The van der Waals surface area contributed by atoms with Crippen LogP contribution in [0.15, 0.2) is 77.3 Å². The van der Waals surface area contributed by atoms with Crippen molar-refractivity contribution < 1.29 is 9.47 Å². The maximum atomic E-state index is 6.17. The average molecular weight is 426 g/mol. The van der Waals surface area contributed by atoms with Gasteiger partial charge in [-0.05, 0) is 30.2 Å². The van der Waals surface area contributed by atoms with Crippen LogP contribution in [-0.2, 0) is 13.2 Å². The maximum absolute atomic E-state index is 6.17. The average Bonchev–Trinajstić information content (AvgIpc) is 2.72. The van der Waals surface area contributed by atoms with Gasteiger partial charge in [-0.3, -0.25) is 0 Å². The van der Waals surface area contributed by atoms with Crippen molar-refractivity contribution in [2.75, 3.05) is 7.11 Å². The number of benzene rings is 3. The van der Waals surface area contributed by atoms with Crippen molar-refractivity contribution in [3.05, 3.63) is 94.0 Å². The van der Waals surface area contributed by atoms with Gasteiger partial charge in [0.2, 0.25) is 0 Å². The second-order valence-electron chi connectivity index (χ2n) is 6.34. The van der Waals surface area contributed by atoms with Gasteiger partial charge in [0.25, 0.3) is 0 Å². The van der Waals surface area contributed by atoms with Gasteiger partial charge in [0.15, 0.2) is 11.5 Å². The van der Waals surface area contributed by atoms with E-state index in [4.69, 9.17) is 9.47 Å². The van der Waals surface area contributed by atoms with Crippen molar-refractivity contribution in [3.63, 3.8) is 0 Å². The number of hydrogen-bond donors (Lipinski definition) is 1. The molecule has 3 aromatic carbocycles. The van der Waals surface area contributed by atoms with E-state index in [1.807, 2.05) is 36.4 Å². The minimum Gasteiger partial charge on any atom is -0.493 e. The lowest BCUT2D eigenvalue weighted by atomic mass is 10.1. The lowest BCUT2D eigenvalue weighted by Gasteiger charge is -2.19. The summed E-state index contributed by atoms with van der Waals surface area (Å²) in [6.07, 6.45) is 0. The third-order valence-electron chi connectivity index (χ3n) is 4.50. The smallest absolute Gasteiger partial charge is 0.167 e. The molecule has 3 aromatic rings. The van der Waals surface area contributed by atoms with Crippen LogP contribution >= 0.6 is 15.9 Å². The van der Waals surface area contributed by atoms with Crippen LogP contribution in [0.25, 0.3) is 0 Å². The van der Waals surface area contributed by atoms with E-state index in [1.54, 1.807) is 7.11 Å². The van der Waals surface area contributed by atoms with E-state index in [1.165, 1.54) is 5.56 Å². The lowest BCUT2D eigenvalue weighted by molar-refractivity contribution is 0.280. The quantitative estimate of drug-likeness (QED) is 0.488. The molecule has 0 amide bonds. The number of nitrogens with one attached hydrogen (secondary N) is 1. The summed E-state index contributed by atoms with van der Waals surface area (Å²) in [5, 5.41) is 3.58. The fourth-order valence-electron chi connectivity index (χ4n) is 2.91. The number of rotatable bonds is 8. The van der Waals surface area contributed by atoms with Crippen LogP contribution in [-0.4, -0.2) is 7.11 Å². The Morgan fingerprint density at radius 3 is 2.26 bits per heavy atom. The molecule has 3 nitrogen and oxygen atoms in total. The molecule has 0 aliphatic heterocycles. The molecule has 0 bridgehead atoms. The molecule has 1 unspecified atom stereocenters. The molecule has 1 atom stereocenters. The van der Waals surface area contributed by atoms with Crippen molar-refractivity contribution in [1.29, 1.82) is 0 Å². The minimum atomic E-state index is 0.228. The molecular formula is C23H24BrNO2. The predicted molar refractivity (Wildman–Crippen MR) is 113 cm³/mol. The van der Waals surface area contributed by atoms with Crippen LogP contribution in [0.3, 0.4) is 0 Å². The first-order valence-electron chi connectivity index (χ1n) is 8.99. The molecule has 1 N–H and O–H groups in total. The van der Waals surface area contributed by atoms with Gasteiger partial charge >= 0.3 is 0 Å². The largest absolute Gasteiger partial charge is 0.493 e. The summed E-state index contributed by atoms with van der Waals surface area (Å²) in [5.41, 5.74) is 3.42. The van der Waals surface area contributed by atoms with Gasteiger partial charge < -0.3 is 14.8 Å². The number of hydrogen-bond acceptors (Lipinski definition) is 3. The first-order chi connectivity index (χ1) is 13.2. The fourth-order valence-corrected chi connectivity index (χ4v) is 3.36. The molecule has 4 heteroatoms. The first-order valence-corrected chi connectivity index (χ1v) is 9.78. The zero-order valence-electron chi connectivity index (χ0n) is 15.6. The summed E-state index contributed by atoms with van der Waals surface area (Å²) in [7, 11) is 1.67. The molecule has 0 aliphatic rings. The van der Waals surface area contributed by atoms with Gasteiger partial charge in [-0.25, -0.2) is 0 Å². The Kier molecular flexibility index (Phi) is 6.91. The van der Waals surface area contributed by atoms with E-state index < -0.39 is 0 Å². The van der Waals surface area contributed by atoms with Crippen molar-refractivity contribution >= 4 is 15.9 Å². The van der Waals surface area contributed by atoms with Crippen LogP contribution in [0.4, 0.5) is 0 Å². The molecule has 0 saturated carbocycles. The molecular weight excluding hydrogens is 402 g/mol. The van der Waals surface area contributed by atoms with Crippen LogP contribution in [0.5, 0.6) is 11.5 Å². The third kappa shape index (κ3) is 5.12. The summed E-state index contributed by atoms with van der Waals surface area (Å²) >= 11 is 3.67. The van der Waals surface area contributed by atoms with Crippen LogP contribution in [0.2, 0.25) is 0 Å². The molecule has 3 rings (SSSR count). The van der Waals surface area contributed by atoms with Gasteiger partial charge in [0.1, 0.15) is 6.61 Å². The second-order valence-corrected chi connectivity index (χ2v) is 7.20. The second kappa shape index (κ2) is 9.58. The third-order valence-corrected chi connectivity index (χ3v) is 5.24. The zero-order chi connectivity index (χ0) is 19.1. The minimum absolute atomic E-state index is 0.228. The highest BCUT2D eigenvalue weighted by atomic mass is 79.9. The van der Waals surface area contributed by atoms with Gasteiger partial charge in [0.05, 0.1) is 7.11 Å². The van der Waals surface area contributed by atoms with E-state index in [9.17, 15) is 0 Å². The molecule has 0 heterocycles. The van der Waals surface area contributed by atoms with E-state index >= 15 is 0 Å². The van der Waals surface area contributed by atoms with E-state index in [2.05, 4.69) is 64.6 Å². The highest BCUT2D eigenvalue weighted by Crippen LogP contribution is 2.37. The topological polar surface area (TPSA) is 30.5 Å². The normalized spacial score (nSPS) is 11.8. The zero-order valence-corrected chi connectivity index (χ0v) is 17.2. The van der Waals surface area contributed by atoms with E-state index in [0.29, 0.717) is 13.2 Å². The van der Waals surface area contributed by atoms with Gasteiger partial charge in [-0.2, -0.15) is 0 Å². The molecule has 0 radical (unpaired) electrons. The molecule has 27 heavy (non-hydrogen) atoms. The summed E-state index contributed by atoms with van der Waals surface area (Å²) in [4.78, 5) is 0. The molecule has 140 valence electrons. The SMILES string of the molecule is COc1ccc(Br)c(CNC(C)c2ccccc2)c1OCc1ccccc1. The number of halogens is 1. The van der Waals surface area contributed by atoms with Crippen LogP contribution in [0.1, 0.15) is 29.7 Å². The van der Waals surface area contributed by atoms with Crippen LogP contribution in [0, 0.1) is 0 Å². The Morgan fingerprint density at radius 2 is 1.59 bits per heavy atom. The first kappa shape index (κ1) is 19.5. The van der Waals surface area contributed by atoms with Crippen molar-refractivity contribution in [3.8, 4) is 11.5 Å². The predicted octanol–water partition coefficient (Wildman–Crippen LogP) is 5.89. The highest BCUT2D eigenvalue weighted by Gasteiger charge is 2.16. The Labute approximate surface area is 169 Å². The molecule has 0 spiro atoms. The Hall–Kier alpha value is -2.30. The van der Waals surface area contributed by atoms with E-state index in [0.717, 1.165) is 27.1 Å². The number of methoxy groups -OCH3 is 1. The molecule has 0 aromatic heterocycles. The Bertz CT molecular complexity index is 853. The van der Waals surface area contributed by atoms with Crippen LogP contribution < -0.4 is 14.8 Å². The monoisotopic (exact) mass is 425 g/mol. The van der Waals surface area contributed by atoms with E-state index in [-0.39, 0.29) is 6.04 Å². The molecule has 0 fully saturated rings. The molecule has 0 saturated heterocycles. The standard InChI is InChI=1S/C23H24BrNO2/c1-17(19-11-7-4-8-12-19)25-15-20-21(24)13-14-22(26-2)23(20)27-16-18-9-5-3-6-10-18/h3-14,17,25H,15-16H2,1-2H3. The summed E-state index contributed by atoms with van der Waals surface area (Å²) < 4.78 is 12.7. The number of ether oxygens (including phenoxy) is 2. The van der Waals surface area contributed by atoms with Crippen molar-refractivity contribution in [2.45, 2.75) is 26.1 Å². The van der Waals surface area contributed by atoms with Gasteiger partial charge in [-0.15, -0.1) is 0 Å². The van der Waals surface area contributed by atoms with Gasteiger partial charge in [-0.1, -0.05) is 76.6 Å². The summed E-state index contributed by atoms with van der Waals surface area (Å²) in [6, 6.07) is 24.7. The summed E-state index contributed by atoms with van der Waals surface area (Å²) in [5.74, 6) is 1.50. The van der Waals surface area contributed by atoms with Crippen molar-refractivity contribution in [1.82, 2.24) is 5.32 Å². The van der Waals surface area contributed by atoms with Crippen molar-refractivity contribution in [2.24, 2.45) is 0 Å². The summed E-state index contributed by atoms with van der Waals surface area (Å²) in [6.45, 7) is 3.32. The lowest BCUT2D eigenvalue weighted by Crippen LogP contribution is -2.19. The molecule has 0 aliphatic carbocycles. The fraction of sp³-hybridized carbons (Fsp3) is 0.217. The van der Waals surface area contributed by atoms with Gasteiger partial charge in [0, 0.05) is 22.6 Å².